The Morgan fingerprint density at radius 2 is 2.00 bits per heavy atom. The van der Waals surface area contributed by atoms with Crippen molar-refractivity contribution in [1.29, 1.82) is 0 Å². The molecule has 102 valence electrons. The molecule has 2 aromatic carbocycles. The Bertz CT molecular complexity index is 801. The second kappa shape index (κ2) is 5.35. The number of benzene rings is 2. The smallest absolute Gasteiger partial charge is 0.143 e. The van der Waals surface area contributed by atoms with E-state index in [1.165, 1.54) is 12.1 Å². The van der Waals surface area contributed by atoms with Crippen molar-refractivity contribution < 1.29 is 4.39 Å². The molecule has 0 N–H and O–H groups in total. The standard InChI is InChI=1S/C14H8BrCl2FN2/c15-8-1-4-13-12(5-8)19-14(7-16)20(13)9-2-3-10(17)11(18)6-9/h1-6H,7H2. The molecule has 3 aromatic rings. The molecule has 1 heterocycles. The Morgan fingerprint density at radius 1 is 1.20 bits per heavy atom. The topological polar surface area (TPSA) is 17.8 Å². The number of aromatic nitrogens is 2. The number of nitrogens with zero attached hydrogens (tertiary/aromatic N) is 2. The van der Waals surface area contributed by atoms with Gasteiger partial charge in [-0.1, -0.05) is 27.5 Å². The molecule has 6 heteroatoms. The van der Waals surface area contributed by atoms with Gasteiger partial charge >= 0.3 is 0 Å². The second-order valence-corrected chi connectivity index (χ2v) is 5.82. The van der Waals surface area contributed by atoms with E-state index in [1.807, 2.05) is 22.8 Å². The van der Waals surface area contributed by atoms with Crippen LogP contribution in [-0.2, 0) is 5.88 Å². The minimum Gasteiger partial charge on any atom is -0.295 e. The van der Waals surface area contributed by atoms with Crippen molar-refractivity contribution in [2.45, 2.75) is 5.88 Å². The maximum Gasteiger partial charge on any atom is 0.143 e. The van der Waals surface area contributed by atoms with Crippen LogP contribution in [0.2, 0.25) is 5.02 Å². The number of halogens is 4. The Balaban J connectivity index is 2.30. The molecule has 0 aliphatic carbocycles. The summed E-state index contributed by atoms with van der Waals surface area (Å²) in [5.74, 6) is 0.418. The first-order valence-corrected chi connectivity index (χ1v) is 7.49. The molecule has 0 bridgehead atoms. The number of rotatable bonds is 2. The third-order valence-corrected chi connectivity index (χ3v) is 4.01. The van der Waals surface area contributed by atoms with Gasteiger partial charge in [-0.15, -0.1) is 11.6 Å². The van der Waals surface area contributed by atoms with Crippen molar-refractivity contribution in [1.82, 2.24) is 9.55 Å². The Kier molecular flexibility index (Phi) is 3.71. The van der Waals surface area contributed by atoms with E-state index < -0.39 is 5.82 Å². The van der Waals surface area contributed by atoms with E-state index in [0.29, 0.717) is 11.5 Å². The molecule has 0 aliphatic rings. The molecular weight excluding hydrogens is 366 g/mol. The largest absolute Gasteiger partial charge is 0.295 e. The summed E-state index contributed by atoms with van der Waals surface area (Å²) < 4.78 is 16.4. The quantitative estimate of drug-likeness (QED) is 0.556. The molecule has 2 nitrogen and oxygen atoms in total. The van der Waals surface area contributed by atoms with E-state index in [-0.39, 0.29) is 10.9 Å². The summed E-state index contributed by atoms with van der Waals surface area (Å²) in [5.41, 5.74) is 2.31. The lowest BCUT2D eigenvalue weighted by molar-refractivity contribution is 0.627. The summed E-state index contributed by atoms with van der Waals surface area (Å²) in [6.07, 6.45) is 0. The highest BCUT2D eigenvalue weighted by molar-refractivity contribution is 9.10. The molecule has 0 fully saturated rings. The van der Waals surface area contributed by atoms with Gasteiger partial charge in [0.05, 0.1) is 27.6 Å². The van der Waals surface area contributed by atoms with Gasteiger partial charge in [0.2, 0.25) is 0 Å². The summed E-state index contributed by atoms with van der Waals surface area (Å²) in [5, 5.41) is 0.0911. The highest BCUT2D eigenvalue weighted by Gasteiger charge is 2.13. The molecule has 0 spiro atoms. The lowest BCUT2D eigenvalue weighted by Gasteiger charge is -2.08. The van der Waals surface area contributed by atoms with Crippen molar-refractivity contribution in [2.24, 2.45) is 0 Å². The van der Waals surface area contributed by atoms with Gasteiger partial charge in [-0.05, 0) is 36.4 Å². The average Bonchev–Trinajstić information content (AvgIpc) is 2.79. The first-order chi connectivity index (χ1) is 9.60. The van der Waals surface area contributed by atoms with Crippen molar-refractivity contribution in [2.75, 3.05) is 0 Å². The number of hydrogen-bond donors (Lipinski definition) is 0. The van der Waals surface area contributed by atoms with E-state index in [1.54, 1.807) is 6.07 Å². The van der Waals surface area contributed by atoms with Crippen LogP contribution in [0.5, 0.6) is 0 Å². The number of alkyl halides is 1. The average molecular weight is 374 g/mol. The van der Waals surface area contributed by atoms with E-state index in [4.69, 9.17) is 23.2 Å². The maximum absolute atomic E-state index is 13.7. The minimum absolute atomic E-state index is 0.0911. The fourth-order valence-electron chi connectivity index (χ4n) is 2.11. The van der Waals surface area contributed by atoms with Gasteiger partial charge < -0.3 is 0 Å². The summed E-state index contributed by atoms with van der Waals surface area (Å²) in [6.45, 7) is 0. The predicted molar refractivity (Wildman–Crippen MR) is 83.3 cm³/mol. The van der Waals surface area contributed by atoms with Crippen LogP contribution in [0.1, 0.15) is 5.82 Å². The van der Waals surface area contributed by atoms with Crippen LogP contribution in [0.4, 0.5) is 4.39 Å². The maximum atomic E-state index is 13.7. The fourth-order valence-corrected chi connectivity index (χ4v) is 2.75. The van der Waals surface area contributed by atoms with Crippen molar-refractivity contribution in [3.63, 3.8) is 0 Å². The predicted octanol–water partition coefficient (Wildman–Crippen LogP) is 5.32. The number of hydrogen-bond acceptors (Lipinski definition) is 1. The molecule has 0 atom stereocenters. The Hall–Kier alpha value is -1.10. The third-order valence-electron chi connectivity index (χ3n) is 2.97. The van der Waals surface area contributed by atoms with Crippen LogP contribution in [0.15, 0.2) is 40.9 Å². The highest BCUT2D eigenvalue weighted by atomic mass is 79.9. The lowest BCUT2D eigenvalue weighted by Crippen LogP contribution is -1.99. The Labute approximate surface area is 133 Å². The van der Waals surface area contributed by atoms with E-state index in [2.05, 4.69) is 20.9 Å². The zero-order chi connectivity index (χ0) is 14.3. The Morgan fingerprint density at radius 3 is 2.70 bits per heavy atom. The highest BCUT2D eigenvalue weighted by Crippen LogP contribution is 2.27. The summed E-state index contributed by atoms with van der Waals surface area (Å²) in [4.78, 5) is 4.47. The molecule has 0 saturated carbocycles. The zero-order valence-electron chi connectivity index (χ0n) is 10.1. The summed E-state index contributed by atoms with van der Waals surface area (Å²) in [7, 11) is 0. The molecule has 20 heavy (non-hydrogen) atoms. The van der Waals surface area contributed by atoms with E-state index in [9.17, 15) is 4.39 Å². The van der Waals surface area contributed by atoms with Crippen LogP contribution in [0.25, 0.3) is 16.7 Å². The van der Waals surface area contributed by atoms with Crippen LogP contribution in [0, 0.1) is 5.82 Å². The van der Waals surface area contributed by atoms with E-state index in [0.717, 1.165) is 15.5 Å². The van der Waals surface area contributed by atoms with Crippen molar-refractivity contribution >= 4 is 50.2 Å². The SMILES string of the molecule is Fc1cc(-n2c(CCl)nc3cc(Br)ccc32)ccc1Cl. The van der Waals surface area contributed by atoms with Gasteiger partial charge in [-0.2, -0.15) is 0 Å². The molecule has 0 aliphatic heterocycles. The van der Waals surface area contributed by atoms with E-state index >= 15 is 0 Å². The summed E-state index contributed by atoms with van der Waals surface area (Å²) in [6, 6.07) is 10.4. The number of imidazole rings is 1. The first-order valence-electron chi connectivity index (χ1n) is 5.78. The van der Waals surface area contributed by atoms with Gasteiger partial charge in [-0.25, -0.2) is 9.37 Å². The zero-order valence-corrected chi connectivity index (χ0v) is 13.2. The fraction of sp³-hybridized carbons (Fsp3) is 0.0714. The molecule has 0 saturated heterocycles. The minimum atomic E-state index is -0.469. The van der Waals surface area contributed by atoms with Crippen molar-refractivity contribution in [3.05, 3.63) is 57.5 Å². The molecule has 0 radical (unpaired) electrons. The van der Waals surface area contributed by atoms with Crippen LogP contribution < -0.4 is 0 Å². The van der Waals surface area contributed by atoms with Crippen molar-refractivity contribution in [3.8, 4) is 5.69 Å². The molecule has 1 aromatic heterocycles. The van der Waals surface area contributed by atoms with Gasteiger partial charge in [0.25, 0.3) is 0 Å². The summed E-state index contributed by atoms with van der Waals surface area (Å²) >= 11 is 15.1. The normalized spacial score (nSPS) is 11.2. The molecular formula is C14H8BrCl2FN2. The first kappa shape index (κ1) is 13.9. The van der Waals surface area contributed by atoms with Crippen LogP contribution >= 0.6 is 39.1 Å². The third kappa shape index (κ3) is 2.32. The lowest BCUT2D eigenvalue weighted by atomic mass is 10.2. The van der Waals surface area contributed by atoms with Gasteiger partial charge in [0.15, 0.2) is 0 Å². The second-order valence-electron chi connectivity index (χ2n) is 4.23. The van der Waals surface area contributed by atoms with Gasteiger partial charge in [0, 0.05) is 4.47 Å². The molecule has 3 rings (SSSR count). The molecule has 0 amide bonds. The van der Waals surface area contributed by atoms with Crippen LogP contribution in [-0.4, -0.2) is 9.55 Å². The van der Waals surface area contributed by atoms with Gasteiger partial charge in [0.1, 0.15) is 11.6 Å². The van der Waals surface area contributed by atoms with Crippen LogP contribution in [0.3, 0.4) is 0 Å². The molecule has 0 unspecified atom stereocenters. The monoisotopic (exact) mass is 372 g/mol. The van der Waals surface area contributed by atoms with Gasteiger partial charge in [-0.3, -0.25) is 4.57 Å². The number of fused-ring (bicyclic) bond motifs is 1.